The van der Waals surface area contributed by atoms with Crippen molar-refractivity contribution in [2.24, 2.45) is 0 Å². The Labute approximate surface area is 156 Å². The number of aryl methyl sites for hydroxylation is 3. The van der Waals surface area contributed by atoms with E-state index in [0.29, 0.717) is 6.61 Å². The molecule has 3 heteroatoms. The van der Waals surface area contributed by atoms with E-state index < -0.39 is 0 Å². The van der Waals surface area contributed by atoms with Gasteiger partial charge in [-0.1, -0.05) is 42.0 Å². The van der Waals surface area contributed by atoms with Crippen LogP contribution in [0.2, 0.25) is 0 Å². The van der Waals surface area contributed by atoms with Gasteiger partial charge in [0, 0.05) is 23.7 Å². The maximum Gasteiger partial charge on any atom is 0.138 e. The highest BCUT2D eigenvalue weighted by molar-refractivity contribution is 5.96. The summed E-state index contributed by atoms with van der Waals surface area (Å²) in [7, 11) is 4.18. The number of benzene rings is 2. The monoisotopic (exact) mass is 348 g/mol. The SMILES string of the molecule is Cc1ccc(-c2cnc3c(C)ccc(C)c3c2OCCCN(C)C)cc1. The van der Waals surface area contributed by atoms with Gasteiger partial charge in [0.05, 0.1) is 12.1 Å². The van der Waals surface area contributed by atoms with Crippen molar-refractivity contribution in [1.29, 1.82) is 0 Å². The van der Waals surface area contributed by atoms with Crippen LogP contribution in [-0.2, 0) is 0 Å². The molecule has 0 amide bonds. The van der Waals surface area contributed by atoms with E-state index in [1.54, 1.807) is 0 Å². The molecule has 0 saturated carbocycles. The van der Waals surface area contributed by atoms with Crippen molar-refractivity contribution in [3.8, 4) is 16.9 Å². The highest BCUT2D eigenvalue weighted by atomic mass is 16.5. The number of hydrogen-bond donors (Lipinski definition) is 0. The van der Waals surface area contributed by atoms with E-state index in [4.69, 9.17) is 9.72 Å². The van der Waals surface area contributed by atoms with Crippen molar-refractivity contribution in [2.45, 2.75) is 27.2 Å². The highest BCUT2D eigenvalue weighted by Crippen LogP contribution is 2.38. The summed E-state index contributed by atoms with van der Waals surface area (Å²) in [6.45, 7) is 8.06. The summed E-state index contributed by atoms with van der Waals surface area (Å²) in [6.07, 6.45) is 2.95. The van der Waals surface area contributed by atoms with Crippen LogP contribution in [0.15, 0.2) is 42.6 Å². The Hall–Kier alpha value is -2.39. The van der Waals surface area contributed by atoms with Crippen LogP contribution in [0.1, 0.15) is 23.1 Å². The van der Waals surface area contributed by atoms with E-state index in [9.17, 15) is 0 Å². The van der Waals surface area contributed by atoms with Gasteiger partial charge < -0.3 is 9.64 Å². The van der Waals surface area contributed by atoms with E-state index in [2.05, 4.69) is 76.2 Å². The third kappa shape index (κ3) is 3.88. The normalized spacial score (nSPS) is 11.3. The van der Waals surface area contributed by atoms with Crippen LogP contribution in [0.5, 0.6) is 5.75 Å². The minimum Gasteiger partial charge on any atom is -0.492 e. The molecule has 136 valence electrons. The third-order valence-corrected chi connectivity index (χ3v) is 4.74. The summed E-state index contributed by atoms with van der Waals surface area (Å²) in [5.41, 5.74) is 6.88. The smallest absolute Gasteiger partial charge is 0.138 e. The lowest BCUT2D eigenvalue weighted by Crippen LogP contribution is -2.15. The fourth-order valence-corrected chi connectivity index (χ4v) is 3.22. The molecular formula is C23H28N2O. The molecular weight excluding hydrogens is 320 g/mol. The molecule has 0 fully saturated rings. The molecule has 0 unspecified atom stereocenters. The molecule has 0 saturated heterocycles. The van der Waals surface area contributed by atoms with E-state index in [1.165, 1.54) is 16.7 Å². The Morgan fingerprint density at radius 3 is 2.31 bits per heavy atom. The largest absolute Gasteiger partial charge is 0.492 e. The minimum atomic E-state index is 0.698. The van der Waals surface area contributed by atoms with E-state index in [0.717, 1.165) is 40.7 Å². The van der Waals surface area contributed by atoms with Crippen molar-refractivity contribution in [3.63, 3.8) is 0 Å². The molecule has 0 bridgehead atoms. The van der Waals surface area contributed by atoms with Crippen LogP contribution in [0.25, 0.3) is 22.0 Å². The molecule has 2 aromatic carbocycles. The summed E-state index contributed by atoms with van der Waals surface area (Å²) in [4.78, 5) is 6.95. The molecule has 0 N–H and O–H groups in total. The zero-order valence-electron chi connectivity index (χ0n) is 16.5. The van der Waals surface area contributed by atoms with Crippen molar-refractivity contribution >= 4 is 10.9 Å². The zero-order chi connectivity index (χ0) is 18.7. The van der Waals surface area contributed by atoms with Crippen molar-refractivity contribution in [2.75, 3.05) is 27.2 Å². The lowest BCUT2D eigenvalue weighted by Gasteiger charge is -2.17. The molecule has 1 aromatic heterocycles. The first-order valence-corrected chi connectivity index (χ1v) is 9.21. The Balaban J connectivity index is 2.09. The molecule has 3 rings (SSSR count). The molecule has 26 heavy (non-hydrogen) atoms. The standard InChI is InChI=1S/C23H28N2O/c1-16-7-11-19(12-8-16)20-15-24-22-18(3)10-9-17(2)21(22)23(20)26-14-6-13-25(4)5/h7-12,15H,6,13-14H2,1-5H3. The van der Waals surface area contributed by atoms with E-state index in [1.807, 2.05) is 6.20 Å². The molecule has 0 atom stereocenters. The Morgan fingerprint density at radius 1 is 0.923 bits per heavy atom. The van der Waals surface area contributed by atoms with Gasteiger partial charge in [-0.2, -0.15) is 0 Å². The fourth-order valence-electron chi connectivity index (χ4n) is 3.22. The molecule has 0 radical (unpaired) electrons. The van der Waals surface area contributed by atoms with Gasteiger partial charge in [-0.15, -0.1) is 0 Å². The van der Waals surface area contributed by atoms with Gasteiger partial charge in [0.25, 0.3) is 0 Å². The average molecular weight is 348 g/mol. The summed E-state index contributed by atoms with van der Waals surface area (Å²) in [5, 5.41) is 1.13. The number of ether oxygens (including phenoxy) is 1. The summed E-state index contributed by atoms with van der Waals surface area (Å²) in [6, 6.07) is 12.9. The fraction of sp³-hybridized carbons (Fsp3) is 0.348. The predicted molar refractivity (Wildman–Crippen MR) is 110 cm³/mol. The summed E-state index contributed by atoms with van der Waals surface area (Å²) < 4.78 is 6.35. The quantitative estimate of drug-likeness (QED) is 0.576. The molecule has 1 heterocycles. The van der Waals surface area contributed by atoms with Crippen LogP contribution < -0.4 is 4.74 Å². The topological polar surface area (TPSA) is 25.4 Å². The highest BCUT2D eigenvalue weighted by Gasteiger charge is 2.15. The first-order chi connectivity index (χ1) is 12.5. The second-order valence-electron chi connectivity index (χ2n) is 7.30. The Bertz CT molecular complexity index is 898. The van der Waals surface area contributed by atoms with E-state index >= 15 is 0 Å². The maximum absolute atomic E-state index is 6.35. The number of fused-ring (bicyclic) bond motifs is 1. The van der Waals surface area contributed by atoms with Crippen molar-refractivity contribution < 1.29 is 4.74 Å². The van der Waals surface area contributed by atoms with Gasteiger partial charge in [-0.3, -0.25) is 4.98 Å². The van der Waals surface area contributed by atoms with Crippen molar-refractivity contribution in [1.82, 2.24) is 9.88 Å². The van der Waals surface area contributed by atoms with Crippen molar-refractivity contribution in [3.05, 3.63) is 59.3 Å². The molecule has 0 aliphatic heterocycles. The van der Waals surface area contributed by atoms with Crippen LogP contribution in [-0.4, -0.2) is 37.1 Å². The maximum atomic E-state index is 6.35. The van der Waals surface area contributed by atoms with Crippen LogP contribution in [0.4, 0.5) is 0 Å². The minimum absolute atomic E-state index is 0.698. The lowest BCUT2D eigenvalue weighted by atomic mass is 9.98. The zero-order valence-corrected chi connectivity index (χ0v) is 16.5. The number of nitrogens with zero attached hydrogens (tertiary/aromatic N) is 2. The first-order valence-electron chi connectivity index (χ1n) is 9.21. The van der Waals surface area contributed by atoms with Gasteiger partial charge in [0.15, 0.2) is 0 Å². The van der Waals surface area contributed by atoms with Gasteiger partial charge in [0.1, 0.15) is 5.75 Å². The number of aromatic nitrogens is 1. The van der Waals surface area contributed by atoms with Gasteiger partial charge in [-0.25, -0.2) is 0 Å². The average Bonchev–Trinajstić information content (AvgIpc) is 2.62. The van der Waals surface area contributed by atoms with E-state index in [-0.39, 0.29) is 0 Å². The van der Waals surface area contributed by atoms with Gasteiger partial charge in [-0.05, 0) is 58.0 Å². The van der Waals surface area contributed by atoms with Gasteiger partial charge >= 0.3 is 0 Å². The lowest BCUT2D eigenvalue weighted by molar-refractivity contribution is 0.285. The molecule has 0 aliphatic rings. The number of rotatable bonds is 6. The number of pyridine rings is 1. The Morgan fingerprint density at radius 2 is 1.62 bits per heavy atom. The second-order valence-corrected chi connectivity index (χ2v) is 7.30. The first kappa shape index (κ1) is 18.4. The molecule has 3 nitrogen and oxygen atoms in total. The summed E-state index contributed by atoms with van der Waals surface area (Å²) >= 11 is 0. The predicted octanol–water partition coefficient (Wildman–Crippen LogP) is 5.16. The van der Waals surface area contributed by atoms with Crippen LogP contribution in [0, 0.1) is 20.8 Å². The number of hydrogen-bond acceptors (Lipinski definition) is 3. The second kappa shape index (κ2) is 7.88. The molecule has 0 spiro atoms. The van der Waals surface area contributed by atoms with Crippen LogP contribution >= 0.6 is 0 Å². The summed E-state index contributed by atoms with van der Waals surface area (Å²) in [5.74, 6) is 0.957. The molecule has 3 aromatic rings. The molecule has 0 aliphatic carbocycles. The third-order valence-electron chi connectivity index (χ3n) is 4.74. The van der Waals surface area contributed by atoms with Crippen LogP contribution in [0.3, 0.4) is 0 Å². The Kier molecular flexibility index (Phi) is 5.58. The van der Waals surface area contributed by atoms with Gasteiger partial charge in [0.2, 0.25) is 0 Å².